The number of rotatable bonds is 3. The van der Waals surface area contributed by atoms with Crippen LogP contribution in [0, 0.1) is 0 Å². The first-order chi connectivity index (χ1) is 24.0. The predicted molar refractivity (Wildman–Crippen MR) is 210 cm³/mol. The molecule has 0 nitrogen and oxygen atoms in total. The molecule has 0 unspecified atom stereocenters. The minimum atomic E-state index is -0.0893. The average Bonchev–Trinajstić information content (AvgIpc) is 3.38. The first-order valence-corrected chi connectivity index (χ1v) is 17.2. The Bertz CT molecular complexity index is 2800. The Kier molecular flexibility index (Phi) is 6.02. The van der Waals surface area contributed by atoms with Gasteiger partial charge in [0, 0.05) is 5.41 Å². The molecule has 0 radical (unpaired) electrons. The lowest BCUT2D eigenvalue weighted by Gasteiger charge is -2.24. The van der Waals surface area contributed by atoms with Crippen molar-refractivity contribution in [2.24, 2.45) is 0 Å². The summed E-state index contributed by atoms with van der Waals surface area (Å²) in [6.07, 6.45) is 0. The predicted octanol–water partition coefficient (Wildman–Crippen LogP) is 13.6. The molecule has 1 aliphatic carbocycles. The van der Waals surface area contributed by atoms with Crippen LogP contribution in [0.1, 0.15) is 25.0 Å². The highest BCUT2D eigenvalue weighted by Gasteiger charge is 2.37. The van der Waals surface area contributed by atoms with Gasteiger partial charge in [-0.3, -0.25) is 0 Å². The van der Waals surface area contributed by atoms with E-state index in [2.05, 4.69) is 184 Å². The van der Waals surface area contributed by atoms with Crippen LogP contribution in [-0.2, 0) is 5.41 Å². The van der Waals surface area contributed by atoms with Gasteiger partial charge in [0.15, 0.2) is 0 Å². The number of fused-ring (bicyclic) bond motifs is 8. The molecule has 0 N–H and O–H groups in total. The zero-order valence-electron chi connectivity index (χ0n) is 27.7. The molecule has 0 saturated heterocycles. The Morgan fingerprint density at radius 1 is 0.306 bits per heavy atom. The first-order valence-electron chi connectivity index (χ1n) is 17.2. The fourth-order valence-corrected chi connectivity index (χ4v) is 8.36. The van der Waals surface area contributed by atoms with Gasteiger partial charge in [0.1, 0.15) is 0 Å². The number of benzene rings is 9. The van der Waals surface area contributed by atoms with Crippen molar-refractivity contribution in [1.82, 2.24) is 0 Å². The zero-order valence-corrected chi connectivity index (χ0v) is 27.7. The maximum absolute atomic E-state index is 2.43. The standard InChI is InChI=1S/C49H34/c1-49(2)47-30-37-11-6-5-10-36(37)29-46(47)44-23-22-32-15-17-43(28-45(32)48(44)49)35-13-7-12-34(25-35)38-18-19-42-27-41(21-20-40(42)26-38)39-16-14-31-8-3-4-9-33(31)24-39/h3-30H,1-2H3. The Hall–Kier alpha value is -5.98. The summed E-state index contributed by atoms with van der Waals surface area (Å²) in [7, 11) is 0. The largest absolute Gasteiger partial charge is 0.0616 e. The van der Waals surface area contributed by atoms with Crippen LogP contribution in [0.15, 0.2) is 170 Å². The molecule has 49 heavy (non-hydrogen) atoms. The monoisotopic (exact) mass is 622 g/mol. The lowest BCUT2D eigenvalue weighted by molar-refractivity contribution is 0.667. The van der Waals surface area contributed by atoms with E-state index in [0.717, 1.165) is 0 Å². The van der Waals surface area contributed by atoms with Gasteiger partial charge in [-0.25, -0.2) is 0 Å². The van der Waals surface area contributed by atoms with Gasteiger partial charge in [-0.15, -0.1) is 0 Å². The van der Waals surface area contributed by atoms with Crippen LogP contribution in [0.25, 0.3) is 87.6 Å². The van der Waals surface area contributed by atoms with E-state index in [9.17, 15) is 0 Å². The summed E-state index contributed by atoms with van der Waals surface area (Å²) in [5.41, 5.74) is 12.9. The van der Waals surface area contributed by atoms with Gasteiger partial charge in [-0.1, -0.05) is 141 Å². The highest BCUT2D eigenvalue weighted by molar-refractivity contribution is 6.02. The molecule has 0 atom stereocenters. The van der Waals surface area contributed by atoms with Crippen molar-refractivity contribution in [3.05, 3.63) is 181 Å². The number of hydrogen-bond acceptors (Lipinski definition) is 0. The Balaban J connectivity index is 1.02. The highest BCUT2D eigenvalue weighted by Crippen LogP contribution is 2.52. The van der Waals surface area contributed by atoms with Gasteiger partial charge in [0.25, 0.3) is 0 Å². The summed E-state index contributed by atoms with van der Waals surface area (Å²) in [4.78, 5) is 0. The Labute approximate surface area is 286 Å². The molecule has 0 bridgehead atoms. The summed E-state index contributed by atoms with van der Waals surface area (Å²) in [5.74, 6) is 0. The minimum Gasteiger partial charge on any atom is -0.0616 e. The van der Waals surface area contributed by atoms with Crippen LogP contribution in [-0.4, -0.2) is 0 Å². The Morgan fingerprint density at radius 2 is 0.755 bits per heavy atom. The average molecular weight is 623 g/mol. The quantitative estimate of drug-likeness (QED) is 0.184. The molecular weight excluding hydrogens is 589 g/mol. The SMILES string of the molecule is CC1(C)c2cc3ccccc3cc2-c2ccc3ccc(-c4cccc(-c5ccc6cc(-c7ccc8ccccc8c7)ccc6c5)c4)cc3c21. The van der Waals surface area contributed by atoms with Crippen LogP contribution in [0.4, 0.5) is 0 Å². The molecule has 0 aliphatic heterocycles. The van der Waals surface area contributed by atoms with E-state index >= 15 is 0 Å². The smallest absolute Gasteiger partial charge is 0.0165 e. The second-order valence-electron chi connectivity index (χ2n) is 14.2. The molecule has 0 fully saturated rings. The van der Waals surface area contributed by atoms with Gasteiger partial charge in [-0.2, -0.15) is 0 Å². The van der Waals surface area contributed by atoms with E-state index in [1.54, 1.807) is 0 Å². The van der Waals surface area contributed by atoms with E-state index in [4.69, 9.17) is 0 Å². The minimum absolute atomic E-state index is 0.0893. The van der Waals surface area contributed by atoms with Crippen molar-refractivity contribution in [3.8, 4) is 44.5 Å². The van der Waals surface area contributed by atoms with Crippen molar-refractivity contribution in [3.63, 3.8) is 0 Å². The molecule has 0 aromatic heterocycles. The topological polar surface area (TPSA) is 0 Å². The van der Waals surface area contributed by atoms with Gasteiger partial charge < -0.3 is 0 Å². The fourth-order valence-electron chi connectivity index (χ4n) is 8.36. The van der Waals surface area contributed by atoms with Gasteiger partial charge >= 0.3 is 0 Å². The molecule has 230 valence electrons. The molecule has 0 saturated carbocycles. The van der Waals surface area contributed by atoms with Crippen LogP contribution in [0.3, 0.4) is 0 Å². The molecule has 1 aliphatic rings. The maximum Gasteiger partial charge on any atom is 0.0165 e. The molecular formula is C49H34. The third kappa shape index (κ3) is 4.45. The van der Waals surface area contributed by atoms with Crippen molar-refractivity contribution < 1.29 is 0 Å². The molecule has 9 aromatic carbocycles. The van der Waals surface area contributed by atoms with E-state index in [0.29, 0.717) is 0 Å². The van der Waals surface area contributed by atoms with Crippen LogP contribution in [0.5, 0.6) is 0 Å². The van der Waals surface area contributed by atoms with Crippen molar-refractivity contribution in [2.45, 2.75) is 19.3 Å². The van der Waals surface area contributed by atoms with Crippen LogP contribution in [0.2, 0.25) is 0 Å². The lowest BCUT2D eigenvalue weighted by Crippen LogP contribution is -2.15. The molecule has 0 heteroatoms. The molecule has 9 aromatic rings. The summed E-state index contributed by atoms with van der Waals surface area (Å²) < 4.78 is 0. The summed E-state index contributed by atoms with van der Waals surface area (Å²) in [6.45, 7) is 4.79. The highest BCUT2D eigenvalue weighted by atomic mass is 14.4. The van der Waals surface area contributed by atoms with E-state index in [1.165, 1.54) is 98.7 Å². The second kappa shape index (κ2) is 10.5. The fraction of sp³-hybridized carbons (Fsp3) is 0.0612. The Morgan fingerprint density at radius 3 is 1.39 bits per heavy atom. The summed E-state index contributed by atoms with van der Waals surface area (Å²) >= 11 is 0. The lowest BCUT2D eigenvalue weighted by atomic mass is 9.79. The zero-order chi connectivity index (χ0) is 32.7. The van der Waals surface area contributed by atoms with Gasteiger partial charge in [0.05, 0.1) is 0 Å². The van der Waals surface area contributed by atoms with Crippen molar-refractivity contribution in [2.75, 3.05) is 0 Å². The first kappa shape index (κ1) is 28.1. The van der Waals surface area contributed by atoms with Crippen LogP contribution >= 0.6 is 0 Å². The van der Waals surface area contributed by atoms with Crippen LogP contribution < -0.4 is 0 Å². The van der Waals surface area contributed by atoms with E-state index in [1.807, 2.05) is 0 Å². The number of hydrogen-bond donors (Lipinski definition) is 0. The molecule has 0 amide bonds. The molecule has 0 spiro atoms. The van der Waals surface area contributed by atoms with Crippen molar-refractivity contribution >= 4 is 43.1 Å². The maximum atomic E-state index is 2.43. The second-order valence-corrected chi connectivity index (χ2v) is 14.2. The van der Waals surface area contributed by atoms with Crippen molar-refractivity contribution in [1.29, 1.82) is 0 Å². The van der Waals surface area contributed by atoms with E-state index in [-0.39, 0.29) is 5.41 Å². The van der Waals surface area contributed by atoms with Gasteiger partial charge in [0.2, 0.25) is 0 Å². The molecule has 0 heterocycles. The van der Waals surface area contributed by atoms with E-state index < -0.39 is 0 Å². The van der Waals surface area contributed by atoms with Gasteiger partial charge in [-0.05, 0) is 141 Å². The third-order valence-electron chi connectivity index (χ3n) is 10.9. The molecule has 10 rings (SSSR count). The summed E-state index contributed by atoms with van der Waals surface area (Å²) in [6, 6.07) is 63.2. The third-order valence-corrected chi connectivity index (χ3v) is 10.9. The summed E-state index contributed by atoms with van der Waals surface area (Å²) in [5, 5.41) is 10.3. The normalized spacial score (nSPS) is 13.3.